The van der Waals surface area contributed by atoms with Gasteiger partial charge in [-0.2, -0.15) is 0 Å². The van der Waals surface area contributed by atoms with E-state index in [2.05, 4.69) is 22.1 Å². The molecule has 27 heavy (non-hydrogen) atoms. The monoisotopic (exact) mass is 369 g/mol. The molecule has 3 rings (SSSR count). The Hall–Kier alpha value is -2.47. The molecule has 1 amide bonds. The van der Waals surface area contributed by atoms with Crippen LogP contribution in [0.15, 0.2) is 41.3 Å². The summed E-state index contributed by atoms with van der Waals surface area (Å²) in [6.45, 7) is 2.97. The molecule has 6 heteroatoms. The number of aliphatic hydroxyl groups excluding tert-OH is 1. The molecule has 0 unspecified atom stereocenters. The Morgan fingerprint density at radius 1 is 1.30 bits per heavy atom. The summed E-state index contributed by atoms with van der Waals surface area (Å²) in [5.41, 5.74) is 1.39. The average molecular weight is 369 g/mol. The molecule has 6 nitrogen and oxygen atoms in total. The van der Waals surface area contributed by atoms with Crippen LogP contribution in [0.5, 0.6) is 0 Å². The fourth-order valence-corrected chi connectivity index (χ4v) is 3.64. The lowest BCUT2D eigenvalue weighted by atomic mass is 9.88. The van der Waals surface area contributed by atoms with Gasteiger partial charge in [0.15, 0.2) is 0 Å². The predicted molar refractivity (Wildman–Crippen MR) is 103 cm³/mol. The fraction of sp³-hybridized carbons (Fsp3) is 0.476. The number of H-pyrrole nitrogens is 1. The maximum atomic E-state index is 12.5. The summed E-state index contributed by atoms with van der Waals surface area (Å²) in [5, 5.41) is 10.5. The second-order valence-corrected chi connectivity index (χ2v) is 7.31. The number of nitrogens with zero attached hydrogens (tertiary/aromatic N) is 2. The smallest absolute Gasteiger partial charge is 0.254 e. The molecular formula is C21H27N3O3. The van der Waals surface area contributed by atoms with E-state index in [1.54, 1.807) is 11.8 Å². The second-order valence-electron chi connectivity index (χ2n) is 7.31. The number of carbonyl (C=O) groups is 1. The summed E-state index contributed by atoms with van der Waals surface area (Å²) < 4.78 is 0. The van der Waals surface area contributed by atoms with Crippen molar-refractivity contribution in [2.24, 2.45) is 5.92 Å². The van der Waals surface area contributed by atoms with Gasteiger partial charge in [0.05, 0.1) is 12.5 Å². The first-order chi connectivity index (χ1) is 13.0. The Kier molecular flexibility index (Phi) is 6.40. The first kappa shape index (κ1) is 19.3. The number of amides is 1. The highest BCUT2D eigenvalue weighted by Gasteiger charge is 2.27. The van der Waals surface area contributed by atoms with Crippen LogP contribution in [-0.4, -0.2) is 45.1 Å². The van der Waals surface area contributed by atoms with Crippen LogP contribution < -0.4 is 5.56 Å². The molecule has 1 atom stereocenters. The largest absolute Gasteiger partial charge is 0.393 e. The first-order valence-corrected chi connectivity index (χ1v) is 9.57. The zero-order chi connectivity index (χ0) is 19.2. The van der Waals surface area contributed by atoms with Crippen LogP contribution in [-0.2, 0) is 17.6 Å². The van der Waals surface area contributed by atoms with Crippen LogP contribution in [0.2, 0.25) is 0 Å². The highest BCUT2D eigenvalue weighted by molar-refractivity contribution is 5.78. The van der Waals surface area contributed by atoms with Crippen LogP contribution in [0.25, 0.3) is 0 Å². The van der Waals surface area contributed by atoms with Gasteiger partial charge >= 0.3 is 0 Å². The topological polar surface area (TPSA) is 86.3 Å². The lowest BCUT2D eigenvalue weighted by molar-refractivity contribution is -0.132. The van der Waals surface area contributed by atoms with Crippen molar-refractivity contribution >= 4 is 5.91 Å². The van der Waals surface area contributed by atoms with E-state index < -0.39 is 0 Å². The van der Waals surface area contributed by atoms with Gasteiger partial charge < -0.3 is 15.0 Å². The molecule has 1 aliphatic heterocycles. The zero-order valence-electron chi connectivity index (χ0n) is 15.7. The maximum Gasteiger partial charge on any atom is 0.254 e. The van der Waals surface area contributed by atoms with Crippen molar-refractivity contribution in [3.05, 3.63) is 63.8 Å². The molecule has 1 aromatic carbocycles. The van der Waals surface area contributed by atoms with Gasteiger partial charge in [0.2, 0.25) is 5.91 Å². The van der Waals surface area contributed by atoms with Gasteiger partial charge in [-0.25, -0.2) is 4.98 Å². The summed E-state index contributed by atoms with van der Waals surface area (Å²) in [6, 6.07) is 10.2. The van der Waals surface area contributed by atoms with Crippen LogP contribution in [0.3, 0.4) is 0 Å². The Bertz CT molecular complexity index is 811. The lowest BCUT2D eigenvalue weighted by Gasteiger charge is -2.34. The Morgan fingerprint density at radius 2 is 2.00 bits per heavy atom. The summed E-state index contributed by atoms with van der Waals surface area (Å²) in [4.78, 5) is 32.8. The van der Waals surface area contributed by atoms with Crippen molar-refractivity contribution in [2.45, 2.75) is 45.1 Å². The molecule has 144 valence electrons. The van der Waals surface area contributed by atoms with Gasteiger partial charge in [0.1, 0.15) is 5.82 Å². The average Bonchev–Trinajstić information content (AvgIpc) is 2.69. The van der Waals surface area contributed by atoms with E-state index in [9.17, 15) is 14.7 Å². The molecule has 0 bridgehead atoms. The SMILES string of the molecule is Cc1ncc(CC(=O)N2CCC([C@H](O)CCc3ccccc3)CC2)c(=O)[nH]1. The number of piperidine rings is 1. The van der Waals surface area contributed by atoms with Crippen molar-refractivity contribution in [3.63, 3.8) is 0 Å². The highest BCUT2D eigenvalue weighted by Crippen LogP contribution is 2.24. The molecule has 0 aliphatic carbocycles. The summed E-state index contributed by atoms with van der Waals surface area (Å²) in [7, 11) is 0. The standard InChI is InChI=1S/C21H27N3O3/c1-15-22-14-18(21(27)23-15)13-20(26)24-11-9-17(10-12-24)19(25)8-7-16-5-3-2-4-6-16/h2-6,14,17,19,25H,7-13H2,1H3,(H,22,23,27)/t19-/m1/s1. The minimum absolute atomic E-state index is 0.0524. The number of aromatic amines is 1. The quantitative estimate of drug-likeness (QED) is 0.814. The molecule has 1 aliphatic rings. The van der Waals surface area contributed by atoms with Gasteiger partial charge in [-0.15, -0.1) is 0 Å². The van der Waals surface area contributed by atoms with E-state index in [-0.39, 0.29) is 29.9 Å². The van der Waals surface area contributed by atoms with E-state index in [0.29, 0.717) is 24.5 Å². The molecular weight excluding hydrogens is 342 g/mol. The number of hydrogen-bond acceptors (Lipinski definition) is 4. The molecule has 2 N–H and O–H groups in total. The van der Waals surface area contributed by atoms with Gasteiger partial charge in [-0.3, -0.25) is 9.59 Å². The third kappa shape index (κ3) is 5.26. The predicted octanol–water partition coefficient (Wildman–Crippen LogP) is 1.85. The van der Waals surface area contributed by atoms with Crippen LogP contribution in [0.4, 0.5) is 0 Å². The molecule has 2 heterocycles. The number of aromatic nitrogens is 2. The number of hydrogen-bond donors (Lipinski definition) is 2. The summed E-state index contributed by atoms with van der Waals surface area (Å²) in [6.07, 6.45) is 4.41. The van der Waals surface area contributed by atoms with Crippen molar-refractivity contribution < 1.29 is 9.90 Å². The van der Waals surface area contributed by atoms with Crippen LogP contribution >= 0.6 is 0 Å². The van der Waals surface area contributed by atoms with Crippen molar-refractivity contribution in [1.29, 1.82) is 0 Å². The van der Waals surface area contributed by atoms with E-state index >= 15 is 0 Å². The number of likely N-dealkylation sites (tertiary alicyclic amines) is 1. The number of benzene rings is 1. The highest BCUT2D eigenvalue weighted by atomic mass is 16.3. The number of carbonyl (C=O) groups excluding carboxylic acids is 1. The van der Waals surface area contributed by atoms with Gasteiger partial charge in [0, 0.05) is 24.8 Å². The number of aliphatic hydroxyl groups is 1. The minimum Gasteiger partial charge on any atom is -0.393 e. The first-order valence-electron chi connectivity index (χ1n) is 9.57. The van der Waals surface area contributed by atoms with Crippen molar-refractivity contribution in [3.8, 4) is 0 Å². The van der Waals surface area contributed by atoms with Gasteiger partial charge in [0.25, 0.3) is 5.56 Å². The summed E-state index contributed by atoms with van der Waals surface area (Å²) >= 11 is 0. The molecule has 1 aromatic heterocycles. The molecule has 0 spiro atoms. The maximum absolute atomic E-state index is 12.5. The van der Waals surface area contributed by atoms with Crippen molar-refractivity contribution in [2.75, 3.05) is 13.1 Å². The summed E-state index contributed by atoms with van der Waals surface area (Å²) in [5.74, 6) is 0.715. The van der Waals surface area contributed by atoms with E-state index in [0.717, 1.165) is 25.7 Å². The molecule has 1 saturated heterocycles. The molecule has 1 fully saturated rings. The molecule has 0 saturated carbocycles. The molecule has 0 radical (unpaired) electrons. The zero-order valence-corrected chi connectivity index (χ0v) is 15.7. The van der Waals surface area contributed by atoms with Crippen LogP contribution in [0.1, 0.15) is 36.2 Å². The van der Waals surface area contributed by atoms with E-state index in [4.69, 9.17) is 0 Å². The van der Waals surface area contributed by atoms with Crippen molar-refractivity contribution in [1.82, 2.24) is 14.9 Å². The van der Waals surface area contributed by atoms with E-state index in [1.807, 2.05) is 18.2 Å². The van der Waals surface area contributed by atoms with Crippen LogP contribution in [0, 0.1) is 12.8 Å². The number of aryl methyl sites for hydroxylation is 2. The van der Waals surface area contributed by atoms with Gasteiger partial charge in [-0.05, 0) is 44.1 Å². The fourth-order valence-electron chi connectivity index (χ4n) is 3.64. The van der Waals surface area contributed by atoms with E-state index in [1.165, 1.54) is 11.8 Å². The van der Waals surface area contributed by atoms with Gasteiger partial charge in [-0.1, -0.05) is 30.3 Å². The Labute approximate surface area is 159 Å². The third-order valence-corrected chi connectivity index (χ3v) is 5.35. The Balaban J connectivity index is 1.46. The number of rotatable bonds is 6. The minimum atomic E-state index is -0.341. The second kappa shape index (κ2) is 8.95. The number of nitrogens with one attached hydrogen (secondary N) is 1. The third-order valence-electron chi connectivity index (χ3n) is 5.35. The lowest BCUT2D eigenvalue weighted by Crippen LogP contribution is -2.42. The Morgan fingerprint density at radius 3 is 2.67 bits per heavy atom. The normalized spacial score (nSPS) is 16.3. The molecule has 2 aromatic rings.